The van der Waals surface area contributed by atoms with E-state index in [4.69, 9.17) is 0 Å². The van der Waals surface area contributed by atoms with Gasteiger partial charge in [0.15, 0.2) is 0 Å². The van der Waals surface area contributed by atoms with E-state index in [0.717, 1.165) is 17.7 Å². The van der Waals surface area contributed by atoms with Crippen LogP contribution in [0.4, 0.5) is 24.8 Å². The number of aromatic amines is 1. The first-order valence-electron chi connectivity index (χ1n) is 7.03. The first kappa shape index (κ1) is 15.8. The number of rotatable bonds is 3. The minimum atomic E-state index is -4.44. The van der Waals surface area contributed by atoms with Crippen LogP contribution in [0.15, 0.2) is 65.5 Å². The second-order valence-corrected chi connectivity index (χ2v) is 5.05. The van der Waals surface area contributed by atoms with Crippen LogP contribution in [0.3, 0.4) is 0 Å². The zero-order chi connectivity index (χ0) is 17.2. The van der Waals surface area contributed by atoms with Gasteiger partial charge in [-0.1, -0.05) is 36.4 Å². The van der Waals surface area contributed by atoms with E-state index in [9.17, 15) is 18.0 Å². The van der Waals surface area contributed by atoms with Gasteiger partial charge in [-0.15, -0.1) is 0 Å². The first-order chi connectivity index (χ1) is 11.4. The molecule has 0 aliphatic heterocycles. The molecular weight excluding hydrogens is 319 g/mol. The maximum Gasteiger partial charge on any atom is 0.416 e. The van der Waals surface area contributed by atoms with Gasteiger partial charge in [0.05, 0.1) is 11.3 Å². The van der Waals surface area contributed by atoms with Crippen molar-refractivity contribution in [2.24, 2.45) is 0 Å². The van der Waals surface area contributed by atoms with E-state index in [1.807, 2.05) is 6.07 Å². The van der Waals surface area contributed by atoms with Crippen LogP contribution in [0.25, 0.3) is 11.3 Å². The number of H-pyrrole nitrogens is 1. The lowest BCUT2D eigenvalue weighted by molar-refractivity contribution is -0.137. The Balaban J connectivity index is 1.94. The summed E-state index contributed by atoms with van der Waals surface area (Å²) in [7, 11) is 0. The number of anilines is 2. The van der Waals surface area contributed by atoms with Crippen molar-refractivity contribution in [3.63, 3.8) is 0 Å². The van der Waals surface area contributed by atoms with E-state index >= 15 is 0 Å². The summed E-state index contributed by atoms with van der Waals surface area (Å²) in [5.41, 5.74) is 0.148. The topological polar surface area (TPSA) is 57.8 Å². The van der Waals surface area contributed by atoms with Gasteiger partial charge in [0.2, 0.25) is 5.95 Å². The van der Waals surface area contributed by atoms with Crippen molar-refractivity contribution in [1.29, 1.82) is 0 Å². The molecule has 0 fully saturated rings. The number of benzene rings is 2. The third-order valence-electron chi connectivity index (χ3n) is 3.26. The second kappa shape index (κ2) is 6.19. The molecule has 122 valence electrons. The molecule has 0 atom stereocenters. The predicted octanol–water partition coefficient (Wildman–Crippen LogP) is 4.20. The van der Waals surface area contributed by atoms with E-state index in [2.05, 4.69) is 15.3 Å². The maximum absolute atomic E-state index is 12.8. The predicted molar refractivity (Wildman–Crippen MR) is 85.0 cm³/mol. The molecule has 3 rings (SSSR count). The number of alkyl halides is 3. The Morgan fingerprint density at radius 2 is 1.71 bits per heavy atom. The lowest BCUT2D eigenvalue weighted by Gasteiger charge is -2.10. The molecule has 0 saturated heterocycles. The zero-order valence-electron chi connectivity index (χ0n) is 12.3. The summed E-state index contributed by atoms with van der Waals surface area (Å²) in [5.74, 6) is 0.0701. The van der Waals surface area contributed by atoms with Gasteiger partial charge in [0.25, 0.3) is 5.56 Å². The van der Waals surface area contributed by atoms with E-state index < -0.39 is 17.3 Å². The number of hydrogen-bond donors (Lipinski definition) is 2. The maximum atomic E-state index is 12.8. The fourth-order valence-corrected chi connectivity index (χ4v) is 2.18. The van der Waals surface area contributed by atoms with Crippen LogP contribution in [0.2, 0.25) is 0 Å². The fourth-order valence-electron chi connectivity index (χ4n) is 2.18. The highest BCUT2D eigenvalue weighted by molar-refractivity contribution is 5.62. The summed E-state index contributed by atoms with van der Waals surface area (Å²) >= 11 is 0. The molecule has 0 aliphatic rings. The summed E-state index contributed by atoms with van der Waals surface area (Å²) < 4.78 is 38.3. The van der Waals surface area contributed by atoms with Gasteiger partial charge in [-0.25, -0.2) is 4.98 Å². The van der Waals surface area contributed by atoms with Crippen molar-refractivity contribution in [2.45, 2.75) is 6.18 Å². The molecule has 2 aromatic carbocycles. The summed E-state index contributed by atoms with van der Waals surface area (Å²) in [6, 6.07) is 15.0. The van der Waals surface area contributed by atoms with E-state index in [-0.39, 0.29) is 11.6 Å². The third kappa shape index (κ3) is 3.62. The molecule has 0 saturated carbocycles. The molecule has 1 aromatic heterocycles. The molecule has 0 bridgehead atoms. The minimum absolute atomic E-state index is 0.0701. The highest BCUT2D eigenvalue weighted by atomic mass is 19.4. The zero-order valence-corrected chi connectivity index (χ0v) is 12.3. The van der Waals surface area contributed by atoms with Crippen molar-refractivity contribution in [3.8, 4) is 11.3 Å². The van der Waals surface area contributed by atoms with Crippen LogP contribution in [-0.2, 0) is 6.18 Å². The molecule has 7 heteroatoms. The van der Waals surface area contributed by atoms with Gasteiger partial charge in [-0.05, 0) is 18.2 Å². The highest BCUT2D eigenvalue weighted by Crippen LogP contribution is 2.31. The highest BCUT2D eigenvalue weighted by Gasteiger charge is 2.30. The standard InChI is InChI=1S/C17H12F3N3O/c18-17(19,20)12-7-4-8-13(9-12)21-16-22-14(10-15(24)23-16)11-5-2-1-3-6-11/h1-10H,(H2,21,22,23,24). The van der Waals surface area contributed by atoms with Crippen LogP contribution < -0.4 is 10.9 Å². The monoisotopic (exact) mass is 331 g/mol. The smallest absolute Gasteiger partial charge is 0.326 e. The Morgan fingerprint density at radius 3 is 2.42 bits per heavy atom. The van der Waals surface area contributed by atoms with E-state index in [1.165, 1.54) is 18.2 Å². The van der Waals surface area contributed by atoms with Crippen molar-refractivity contribution in [1.82, 2.24) is 9.97 Å². The quantitative estimate of drug-likeness (QED) is 0.756. The van der Waals surface area contributed by atoms with Gasteiger partial charge in [0.1, 0.15) is 0 Å². The number of nitrogens with one attached hydrogen (secondary N) is 2. The third-order valence-corrected chi connectivity index (χ3v) is 3.26. The van der Waals surface area contributed by atoms with Crippen LogP contribution >= 0.6 is 0 Å². The molecule has 0 aliphatic carbocycles. The number of hydrogen-bond acceptors (Lipinski definition) is 3. The van der Waals surface area contributed by atoms with Crippen molar-refractivity contribution in [3.05, 3.63) is 76.6 Å². The van der Waals surface area contributed by atoms with Crippen LogP contribution in [0.5, 0.6) is 0 Å². The van der Waals surface area contributed by atoms with Crippen LogP contribution in [0, 0.1) is 0 Å². The molecule has 0 amide bonds. The van der Waals surface area contributed by atoms with Crippen molar-refractivity contribution < 1.29 is 13.2 Å². The minimum Gasteiger partial charge on any atom is -0.326 e. The summed E-state index contributed by atoms with van der Waals surface area (Å²) in [5, 5.41) is 2.70. The van der Waals surface area contributed by atoms with Crippen molar-refractivity contribution in [2.75, 3.05) is 5.32 Å². The van der Waals surface area contributed by atoms with Crippen molar-refractivity contribution >= 4 is 11.6 Å². The van der Waals surface area contributed by atoms with Gasteiger partial charge in [-0.3, -0.25) is 9.78 Å². The average molecular weight is 331 g/mol. The first-order valence-corrected chi connectivity index (χ1v) is 7.03. The molecule has 4 nitrogen and oxygen atoms in total. The Kier molecular flexibility index (Phi) is 4.07. The van der Waals surface area contributed by atoms with Gasteiger partial charge in [-0.2, -0.15) is 13.2 Å². The fraction of sp³-hybridized carbons (Fsp3) is 0.0588. The molecule has 0 spiro atoms. The van der Waals surface area contributed by atoms with E-state index in [0.29, 0.717) is 5.69 Å². The lowest BCUT2D eigenvalue weighted by Crippen LogP contribution is -2.11. The summed E-state index contributed by atoms with van der Waals surface area (Å²) in [6.07, 6.45) is -4.44. The molecule has 1 heterocycles. The normalized spacial score (nSPS) is 11.3. The lowest BCUT2D eigenvalue weighted by atomic mass is 10.1. The molecule has 24 heavy (non-hydrogen) atoms. The Morgan fingerprint density at radius 1 is 0.958 bits per heavy atom. The molecule has 0 radical (unpaired) electrons. The summed E-state index contributed by atoms with van der Waals surface area (Å²) in [4.78, 5) is 18.5. The number of halogens is 3. The Labute approximate surface area is 135 Å². The van der Waals surface area contributed by atoms with Gasteiger partial charge < -0.3 is 5.32 Å². The molecule has 3 aromatic rings. The SMILES string of the molecule is O=c1cc(-c2ccccc2)nc(Nc2cccc(C(F)(F)F)c2)[nH]1. The Hall–Kier alpha value is -3.09. The molecule has 2 N–H and O–H groups in total. The van der Waals surface area contributed by atoms with E-state index in [1.54, 1.807) is 24.3 Å². The largest absolute Gasteiger partial charge is 0.416 e. The number of nitrogens with zero attached hydrogens (tertiary/aromatic N) is 1. The summed E-state index contributed by atoms with van der Waals surface area (Å²) in [6.45, 7) is 0. The molecular formula is C17H12F3N3O. The molecule has 0 unspecified atom stereocenters. The van der Waals surface area contributed by atoms with Gasteiger partial charge >= 0.3 is 6.18 Å². The van der Waals surface area contributed by atoms with Crippen LogP contribution in [0.1, 0.15) is 5.56 Å². The Bertz CT molecular complexity index is 905. The van der Waals surface area contributed by atoms with Gasteiger partial charge in [0, 0.05) is 17.3 Å². The average Bonchev–Trinajstić information content (AvgIpc) is 2.54. The van der Waals surface area contributed by atoms with Crippen LogP contribution in [-0.4, -0.2) is 9.97 Å². The second-order valence-electron chi connectivity index (χ2n) is 5.05. The number of aromatic nitrogens is 2.